The Hall–Kier alpha value is -1.46. The molecule has 26 heavy (non-hydrogen) atoms. The molecule has 1 aromatic rings. The Balaban J connectivity index is 2.21. The van der Waals surface area contributed by atoms with E-state index in [0.717, 1.165) is 35.1 Å². The lowest BCUT2D eigenvalue weighted by molar-refractivity contribution is 0.0533. The van der Waals surface area contributed by atoms with Gasteiger partial charge in [0, 0.05) is 30.4 Å². The van der Waals surface area contributed by atoms with Crippen LogP contribution in [0.5, 0.6) is 5.75 Å². The number of rotatable bonds is 9. The molecular formula is C19H28NO5P. The molecule has 4 N–H and O–H groups in total. The van der Waals surface area contributed by atoms with Gasteiger partial charge in [0.2, 0.25) is 0 Å². The van der Waals surface area contributed by atoms with Gasteiger partial charge in [-0.25, -0.2) is 4.79 Å². The molecule has 1 aliphatic rings. The van der Waals surface area contributed by atoms with Crippen LogP contribution >= 0.6 is 8.38 Å². The van der Waals surface area contributed by atoms with Crippen LogP contribution < -0.4 is 5.32 Å². The monoisotopic (exact) mass is 381 g/mol. The number of fused-ring (bicyclic) bond motifs is 1. The molecule has 2 rings (SSSR count). The minimum atomic E-state index is -1.86. The third-order valence-electron chi connectivity index (χ3n) is 4.89. The van der Waals surface area contributed by atoms with Gasteiger partial charge in [-0.2, -0.15) is 0 Å². The van der Waals surface area contributed by atoms with Crippen LogP contribution in [0.1, 0.15) is 52.9 Å². The van der Waals surface area contributed by atoms with Crippen molar-refractivity contribution in [1.29, 1.82) is 0 Å². The summed E-state index contributed by atoms with van der Waals surface area (Å²) in [6.07, 6.45) is 4.61. The lowest BCUT2D eigenvalue weighted by Crippen LogP contribution is -2.20. The van der Waals surface area contributed by atoms with Crippen molar-refractivity contribution >= 4 is 14.3 Å². The van der Waals surface area contributed by atoms with Crippen LogP contribution in [-0.2, 0) is 24.2 Å². The van der Waals surface area contributed by atoms with E-state index in [4.69, 9.17) is 14.5 Å². The summed E-state index contributed by atoms with van der Waals surface area (Å²) in [6, 6.07) is 0. The minimum Gasteiger partial charge on any atom is -0.507 e. The molecule has 0 fully saturated rings. The number of ether oxygens (including phenoxy) is 1. The smallest absolute Gasteiger partial charge is 0.342 e. The van der Waals surface area contributed by atoms with Gasteiger partial charge in [0.15, 0.2) is 8.38 Å². The first kappa shape index (κ1) is 20.8. The molecule has 1 heterocycles. The fourth-order valence-corrected chi connectivity index (χ4v) is 3.72. The van der Waals surface area contributed by atoms with Crippen LogP contribution in [0.15, 0.2) is 11.6 Å². The van der Waals surface area contributed by atoms with Crippen molar-refractivity contribution in [2.45, 2.75) is 46.6 Å². The fourth-order valence-electron chi connectivity index (χ4n) is 3.36. The lowest BCUT2D eigenvalue weighted by atomic mass is 9.89. The summed E-state index contributed by atoms with van der Waals surface area (Å²) in [6.45, 7) is 7.53. The van der Waals surface area contributed by atoms with Gasteiger partial charge in [-0.3, -0.25) is 0 Å². The quantitative estimate of drug-likeness (QED) is 0.227. The maximum absolute atomic E-state index is 12.0. The number of benzene rings is 1. The Bertz CT molecular complexity index is 700. The Morgan fingerprint density at radius 2 is 2.04 bits per heavy atom. The zero-order valence-corrected chi connectivity index (χ0v) is 16.5. The third kappa shape index (κ3) is 4.63. The second kappa shape index (κ2) is 9.47. The molecule has 0 spiro atoms. The molecule has 0 saturated heterocycles. The molecule has 1 aromatic carbocycles. The number of hydrogen-bond donors (Lipinski definition) is 4. The van der Waals surface area contributed by atoms with Crippen molar-refractivity contribution in [3.63, 3.8) is 0 Å². The first-order valence-corrected chi connectivity index (χ1v) is 10.4. The van der Waals surface area contributed by atoms with Crippen molar-refractivity contribution < 1.29 is 24.4 Å². The molecule has 0 unspecified atom stereocenters. The number of allylic oxidation sites excluding steroid dienone is 1. The average molecular weight is 381 g/mol. The molecule has 0 atom stereocenters. The summed E-state index contributed by atoms with van der Waals surface area (Å²) in [5.41, 5.74) is 5.20. The number of hydrogen-bond acceptors (Lipinski definition) is 6. The molecule has 0 aliphatic carbocycles. The number of phenolic OH excluding ortho intramolecular Hbond substituents is 1. The van der Waals surface area contributed by atoms with Gasteiger partial charge in [0.05, 0.1) is 0 Å². The van der Waals surface area contributed by atoms with Gasteiger partial charge in [-0.15, -0.1) is 0 Å². The summed E-state index contributed by atoms with van der Waals surface area (Å²) in [4.78, 5) is 29.8. The van der Waals surface area contributed by atoms with Gasteiger partial charge in [0.25, 0.3) is 0 Å². The molecule has 0 aromatic heterocycles. The highest BCUT2D eigenvalue weighted by Gasteiger charge is 2.30. The summed E-state index contributed by atoms with van der Waals surface area (Å²) in [5.74, 6) is -0.397. The predicted octanol–water partition coefficient (Wildman–Crippen LogP) is 2.70. The fraction of sp³-hybridized carbons (Fsp3) is 0.526. The molecule has 7 heteroatoms. The summed E-state index contributed by atoms with van der Waals surface area (Å²) >= 11 is 0. The molecule has 0 radical (unpaired) electrons. The number of cyclic esters (lactones) is 1. The second-order valence-corrected chi connectivity index (χ2v) is 7.60. The van der Waals surface area contributed by atoms with E-state index in [1.807, 2.05) is 13.8 Å². The van der Waals surface area contributed by atoms with Crippen LogP contribution in [0.2, 0.25) is 0 Å². The summed E-state index contributed by atoms with van der Waals surface area (Å²) < 4.78 is 5.11. The molecule has 0 amide bonds. The molecule has 0 saturated carbocycles. The van der Waals surface area contributed by atoms with Crippen LogP contribution in [0.3, 0.4) is 0 Å². The van der Waals surface area contributed by atoms with E-state index in [0.29, 0.717) is 31.2 Å². The first-order valence-electron chi connectivity index (χ1n) is 8.97. The van der Waals surface area contributed by atoms with E-state index in [1.165, 1.54) is 5.57 Å². The summed E-state index contributed by atoms with van der Waals surface area (Å²) in [5, 5.41) is 13.9. The average Bonchev–Trinajstić information content (AvgIpc) is 3.00. The van der Waals surface area contributed by atoms with E-state index in [9.17, 15) is 9.90 Å². The number of esters is 1. The van der Waals surface area contributed by atoms with Gasteiger partial charge in [-0.1, -0.05) is 25.5 Å². The molecule has 6 nitrogen and oxygen atoms in total. The van der Waals surface area contributed by atoms with Gasteiger partial charge in [-0.05, 0) is 37.3 Å². The van der Waals surface area contributed by atoms with Crippen LogP contribution in [-0.4, -0.2) is 40.1 Å². The van der Waals surface area contributed by atoms with E-state index < -0.39 is 14.3 Å². The number of carbonyl (C=O) groups is 1. The van der Waals surface area contributed by atoms with E-state index in [2.05, 4.69) is 18.3 Å². The SMILES string of the molecule is CC/C(=C\Cc1c(O)c2c(c(C)c1CC)COC2=O)CNCCP(O)O. The molecular weight excluding hydrogens is 353 g/mol. The van der Waals surface area contributed by atoms with Gasteiger partial charge < -0.3 is 24.9 Å². The maximum atomic E-state index is 12.0. The molecule has 0 bridgehead atoms. The van der Waals surface area contributed by atoms with Gasteiger partial charge >= 0.3 is 5.97 Å². The van der Waals surface area contributed by atoms with Crippen molar-refractivity contribution in [2.24, 2.45) is 0 Å². The number of carbonyl (C=O) groups excluding carboxylic acids is 1. The van der Waals surface area contributed by atoms with Crippen LogP contribution in [0.25, 0.3) is 0 Å². The topological polar surface area (TPSA) is 99.0 Å². The Labute approximate surface area is 155 Å². The van der Waals surface area contributed by atoms with Crippen LogP contribution in [0.4, 0.5) is 0 Å². The van der Waals surface area contributed by atoms with E-state index >= 15 is 0 Å². The Morgan fingerprint density at radius 3 is 2.65 bits per heavy atom. The van der Waals surface area contributed by atoms with Gasteiger partial charge in [0.1, 0.15) is 17.9 Å². The third-order valence-corrected chi connectivity index (χ3v) is 5.51. The standard InChI is InChI=1S/C19H28NO5P/c1-4-13(10-20-8-9-26(23)24)6-7-15-14(5-2)12(3)16-11-25-19(22)17(16)18(15)21/h6,20-21,23-24H,4-5,7-11H2,1-3H3/b13-6+. The minimum absolute atomic E-state index is 0.0517. The lowest BCUT2D eigenvalue weighted by Gasteiger charge is -2.16. The van der Waals surface area contributed by atoms with E-state index in [-0.39, 0.29) is 12.4 Å². The number of phenols is 1. The highest BCUT2D eigenvalue weighted by Crippen LogP contribution is 2.38. The zero-order chi connectivity index (χ0) is 19.3. The normalized spacial score (nSPS) is 14.1. The Morgan fingerprint density at radius 1 is 1.31 bits per heavy atom. The van der Waals surface area contributed by atoms with Crippen molar-refractivity contribution in [3.05, 3.63) is 39.5 Å². The largest absolute Gasteiger partial charge is 0.507 e. The highest BCUT2D eigenvalue weighted by atomic mass is 31.2. The molecule has 1 aliphatic heterocycles. The summed E-state index contributed by atoms with van der Waals surface area (Å²) in [7, 11) is -1.86. The van der Waals surface area contributed by atoms with Crippen molar-refractivity contribution in [2.75, 3.05) is 19.3 Å². The van der Waals surface area contributed by atoms with Crippen molar-refractivity contribution in [1.82, 2.24) is 5.32 Å². The Kier molecular flexibility index (Phi) is 7.59. The van der Waals surface area contributed by atoms with E-state index in [1.54, 1.807) is 0 Å². The molecule has 144 valence electrons. The number of aromatic hydroxyl groups is 1. The van der Waals surface area contributed by atoms with Crippen molar-refractivity contribution in [3.8, 4) is 5.75 Å². The second-order valence-electron chi connectivity index (χ2n) is 6.41. The number of nitrogens with one attached hydrogen (secondary N) is 1. The first-order chi connectivity index (χ1) is 12.4. The maximum Gasteiger partial charge on any atom is 0.342 e. The predicted molar refractivity (Wildman–Crippen MR) is 103 cm³/mol. The van der Waals surface area contributed by atoms with Crippen LogP contribution in [0, 0.1) is 6.92 Å². The highest BCUT2D eigenvalue weighted by molar-refractivity contribution is 7.45. The zero-order valence-electron chi connectivity index (χ0n) is 15.6.